The van der Waals surface area contributed by atoms with Crippen LogP contribution in [0.1, 0.15) is 52.9 Å². The van der Waals surface area contributed by atoms with Gasteiger partial charge >= 0.3 is 0 Å². The molecule has 0 amide bonds. The largest absolute Gasteiger partial charge is 0.330 e. The van der Waals surface area contributed by atoms with Gasteiger partial charge in [-0.25, -0.2) is 0 Å². The molecule has 2 N–H and O–H groups in total. The van der Waals surface area contributed by atoms with E-state index in [1.54, 1.807) is 0 Å². The van der Waals surface area contributed by atoms with Crippen LogP contribution in [0.5, 0.6) is 0 Å². The van der Waals surface area contributed by atoms with Crippen molar-refractivity contribution in [3.63, 3.8) is 0 Å². The van der Waals surface area contributed by atoms with Crippen LogP contribution >= 0.6 is 12.4 Å². The zero-order chi connectivity index (χ0) is 13.2. The van der Waals surface area contributed by atoms with Gasteiger partial charge in [0.2, 0.25) is 0 Å². The van der Waals surface area contributed by atoms with E-state index < -0.39 is 0 Å². The Kier molecular flexibility index (Phi) is 6.62. The fourth-order valence-electron chi connectivity index (χ4n) is 3.85. The minimum atomic E-state index is 0. The molecule has 0 bridgehead atoms. The normalized spacial score (nSPS) is 33.2. The second-order valence-electron chi connectivity index (χ2n) is 7.73. The number of nitrogens with two attached hydrogens (primary N) is 1. The van der Waals surface area contributed by atoms with Crippen LogP contribution in [0.3, 0.4) is 0 Å². The monoisotopic (exact) mass is 288 g/mol. The van der Waals surface area contributed by atoms with Crippen molar-refractivity contribution in [2.75, 3.05) is 26.2 Å². The molecule has 2 rings (SSSR count). The van der Waals surface area contributed by atoms with Gasteiger partial charge in [0.15, 0.2) is 0 Å². The summed E-state index contributed by atoms with van der Waals surface area (Å²) in [7, 11) is 0. The Labute approximate surface area is 125 Å². The Balaban J connectivity index is 0.00000180. The Bertz CT molecular complexity index is 254. The quantitative estimate of drug-likeness (QED) is 0.861. The van der Waals surface area contributed by atoms with Crippen molar-refractivity contribution in [3.05, 3.63) is 0 Å². The predicted octanol–water partition coefficient (Wildman–Crippen LogP) is 3.54. The maximum absolute atomic E-state index is 5.77. The van der Waals surface area contributed by atoms with Gasteiger partial charge in [0.05, 0.1) is 0 Å². The Morgan fingerprint density at radius 3 is 2.11 bits per heavy atom. The summed E-state index contributed by atoms with van der Waals surface area (Å²) in [5.74, 6) is 2.68. The summed E-state index contributed by atoms with van der Waals surface area (Å²) in [5, 5.41) is 0. The molecule has 1 saturated heterocycles. The van der Waals surface area contributed by atoms with E-state index in [0.29, 0.717) is 5.41 Å². The van der Waals surface area contributed by atoms with Crippen molar-refractivity contribution in [1.82, 2.24) is 4.90 Å². The molecule has 0 aromatic rings. The van der Waals surface area contributed by atoms with E-state index in [9.17, 15) is 0 Å². The third-order valence-corrected chi connectivity index (χ3v) is 5.29. The first-order valence-electron chi connectivity index (χ1n) is 7.91. The average molecular weight is 289 g/mol. The molecule has 2 fully saturated rings. The highest BCUT2D eigenvalue weighted by molar-refractivity contribution is 5.85. The number of hydrogen-bond acceptors (Lipinski definition) is 2. The third-order valence-electron chi connectivity index (χ3n) is 5.29. The van der Waals surface area contributed by atoms with Crippen LogP contribution in [0, 0.1) is 23.2 Å². The lowest BCUT2D eigenvalue weighted by atomic mass is 9.70. The van der Waals surface area contributed by atoms with Gasteiger partial charge in [0, 0.05) is 13.1 Å². The molecule has 114 valence electrons. The Morgan fingerprint density at radius 1 is 1.00 bits per heavy atom. The zero-order valence-electron chi connectivity index (χ0n) is 13.0. The number of nitrogens with zero attached hydrogens (tertiary/aromatic N) is 1. The SMILES string of the molecule is CC(C)(C)C1CCC(CN2CCC(CN)C2)CC1.Cl. The van der Waals surface area contributed by atoms with Crippen molar-refractivity contribution in [3.8, 4) is 0 Å². The molecule has 3 heteroatoms. The smallest absolute Gasteiger partial charge is 0.00223 e. The average Bonchev–Trinajstić information content (AvgIpc) is 2.76. The van der Waals surface area contributed by atoms with Gasteiger partial charge in [0.1, 0.15) is 0 Å². The van der Waals surface area contributed by atoms with E-state index in [1.165, 1.54) is 51.7 Å². The first-order chi connectivity index (χ1) is 8.49. The van der Waals surface area contributed by atoms with Crippen LogP contribution in [0.15, 0.2) is 0 Å². The van der Waals surface area contributed by atoms with Gasteiger partial charge in [-0.2, -0.15) is 0 Å². The number of hydrogen-bond donors (Lipinski definition) is 1. The molecule has 1 aliphatic carbocycles. The van der Waals surface area contributed by atoms with Crippen LogP contribution < -0.4 is 5.73 Å². The molecular weight excluding hydrogens is 256 g/mol. The van der Waals surface area contributed by atoms with E-state index in [1.807, 2.05) is 0 Å². The molecular formula is C16H33ClN2. The second kappa shape index (κ2) is 7.28. The lowest BCUT2D eigenvalue weighted by Gasteiger charge is -2.38. The van der Waals surface area contributed by atoms with Crippen LogP contribution in [0.4, 0.5) is 0 Å². The summed E-state index contributed by atoms with van der Waals surface area (Å²) in [6.07, 6.45) is 7.12. The molecule has 2 aliphatic rings. The van der Waals surface area contributed by atoms with Crippen LogP contribution in [-0.4, -0.2) is 31.1 Å². The predicted molar refractivity (Wildman–Crippen MR) is 85.8 cm³/mol. The maximum Gasteiger partial charge on any atom is 0.00223 e. The number of likely N-dealkylation sites (tertiary alicyclic amines) is 1. The van der Waals surface area contributed by atoms with Crippen LogP contribution in [-0.2, 0) is 0 Å². The highest BCUT2D eigenvalue weighted by Crippen LogP contribution is 2.40. The van der Waals surface area contributed by atoms with Gasteiger partial charge in [-0.05, 0) is 68.4 Å². The summed E-state index contributed by atoms with van der Waals surface area (Å²) in [6, 6.07) is 0. The van der Waals surface area contributed by atoms with Gasteiger partial charge in [-0.15, -0.1) is 12.4 Å². The van der Waals surface area contributed by atoms with Gasteiger partial charge in [-0.3, -0.25) is 0 Å². The van der Waals surface area contributed by atoms with Crippen LogP contribution in [0.2, 0.25) is 0 Å². The van der Waals surface area contributed by atoms with E-state index in [-0.39, 0.29) is 12.4 Å². The molecule has 0 aromatic heterocycles. The fraction of sp³-hybridized carbons (Fsp3) is 1.00. The van der Waals surface area contributed by atoms with Gasteiger partial charge in [0.25, 0.3) is 0 Å². The van der Waals surface area contributed by atoms with Crippen molar-refractivity contribution in [1.29, 1.82) is 0 Å². The van der Waals surface area contributed by atoms with Crippen molar-refractivity contribution in [2.45, 2.75) is 52.9 Å². The van der Waals surface area contributed by atoms with Crippen molar-refractivity contribution in [2.24, 2.45) is 28.9 Å². The molecule has 19 heavy (non-hydrogen) atoms. The number of halogens is 1. The highest BCUT2D eigenvalue weighted by atomic mass is 35.5. The third kappa shape index (κ3) is 4.91. The molecule has 1 unspecified atom stereocenters. The van der Waals surface area contributed by atoms with E-state index in [2.05, 4.69) is 25.7 Å². The fourth-order valence-corrected chi connectivity index (χ4v) is 3.85. The molecule has 1 aliphatic heterocycles. The van der Waals surface area contributed by atoms with Gasteiger partial charge in [-0.1, -0.05) is 20.8 Å². The second-order valence-corrected chi connectivity index (χ2v) is 7.73. The lowest BCUT2D eigenvalue weighted by molar-refractivity contribution is 0.130. The highest BCUT2D eigenvalue weighted by Gasteiger charge is 2.31. The molecule has 1 atom stereocenters. The van der Waals surface area contributed by atoms with E-state index in [4.69, 9.17) is 5.73 Å². The summed E-state index contributed by atoms with van der Waals surface area (Å²) < 4.78 is 0. The minimum absolute atomic E-state index is 0. The molecule has 2 nitrogen and oxygen atoms in total. The molecule has 0 spiro atoms. The zero-order valence-corrected chi connectivity index (χ0v) is 13.8. The molecule has 0 aromatic carbocycles. The Hall–Kier alpha value is 0.210. The minimum Gasteiger partial charge on any atom is -0.330 e. The summed E-state index contributed by atoms with van der Waals surface area (Å²) in [6.45, 7) is 12.0. The summed E-state index contributed by atoms with van der Waals surface area (Å²) >= 11 is 0. The molecule has 0 radical (unpaired) electrons. The summed E-state index contributed by atoms with van der Waals surface area (Å²) in [4.78, 5) is 2.67. The van der Waals surface area contributed by atoms with E-state index >= 15 is 0 Å². The maximum atomic E-state index is 5.77. The van der Waals surface area contributed by atoms with Crippen molar-refractivity contribution >= 4 is 12.4 Å². The topological polar surface area (TPSA) is 29.3 Å². The van der Waals surface area contributed by atoms with Gasteiger partial charge < -0.3 is 10.6 Å². The van der Waals surface area contributed by atoms with E-state index in [0.717, 1.165) is 24.3 Å². The summed E-state index contributed by atoms with van der Waals surface area (Å²) in [5.41, 5.74) is 6.29. The Morgan fingerprint density at radius 2 is 1.63 bits per heavy atom. The number of rotatable bonds is 3. The molecule has 1 saturated carbocycles. The standard InChI is InChI=1S/C16H32N2.ClH/c1-16(2,3)15-6-4-13(5-7-15)11-18-9-8-14(10-17)12-18;/h13-15H,4-12,17H2,1-3H3;1H. The van der Waals surface area contributed by atoms with Crippen molar-refractivity contribution < 1.29 is 0 Å². The molecule has 1 heterocycles. The van der Waals surface area contributed by atoms with Crippen LogP contribution in [0.25, 0.3) is 0 Å². The lowest BCUT2D eigenvalue weighted by Crippen LogP contribution is -2.33. The first kappa shape index (κ1) is 17.3. The first-order valence-corrected chi connectivity index (χ1v) is 7.91.